The zero-order valence-electron chi connectivity index (χ0n) is 23.7. The molecule has 1 aliphatic heterocycles. The minimum absolute atomic E-state index is 0.0748. The van der Waals surface area contributed by atoms with Crippen LogP contribution in [0.5, 0.6) is 5.75 Å². The summed E-state index contributed by atoms with van der Waals surface area (Å²) in [4.78, 5) is 49.1. The van der Waals surface area contributed by atoms with Crippen LogP contribution < -0.4 is 20.7 Å². The maximum atomic E-state index is 13.2. The second kappa shape index (κ2) is 12.2. The van der Waals surface area contributed by atoms with Crippen LogP contribution in [0.3, 0.4) is 0 Å². The first-order valence-corrected chi connectivity index (χ1v) is 14.4. The number of methoxy groups -OCH3 is 1. The van der Waals surface area contributed by atoms with E-state index in [0.717, 1.165) is 19.0 Å². The molecule has 5 rings (SSSR count). The van der Waals surface area contributed by atoms with Gasteiger partial charge in [0.05, 0.1) is 48.0 Å². The second-order valence-electron chi connectivity index (χ2n) is 10.5. The molecule has 0 radical (unpaired) electrons. The molecule has 15 heteroatoms. The van der Waals surface area contributed by atoms with E-state index in [1.165, 1.54) is 30.7 Å². The van der Waals surface area contributed by atoms with Crippen molar-refractivity contribution in [2.45, 2.75) is 45.0 Å². The Labute approximate surface area is 250 Å². The number of benzene rings is 1. The zero-order chi connectivity index (χ0) is 30.9. The molecule has 43 heavy (non-hydrogen) atoms. The van der Waals surface area contributed by atoms with Crippen LogP contribution in [-0.4, -0.2) is 86.4 Å². The number of aliphatic hydroxyl groups is 3. The molecule has 0 spiro atoms. The number of rotatable bonds is 9. The molecule has 0 bridgehead atoms. The van der Waals surface area contributed by atoms with Crippen LogP contribution in [0.4, 0.5) is 17.2 Å². The van der Waals surface area contributed by atoms with Gasteiger partial charge >= 0.3 is 6.10 Å². The van der Waals surface area contributed by atoms with Gasteiger partial charge in [0, 0.05) is 31.3 Å². The minimum atomic E-state index is -3.47. The summed E-state index contributed by atoms with van der Waals surface area (Å²) in [6.45, 7) is 4.81. The maximum absolute atomic E-state index is 13.2. The number of hydrogen-bond donors (Lipinski definition) is 6. The molecule has 1 aromatic carbocycles. The van der Waals surface area contributed by atoms with E-state index in [0.29, 0.717) is 40.0 Å². The first kappa shape index (κ1) is 30.3. The smallest absolute Gasteiger partial charge is 0.369 e. The normalized spacial score (nSPS) is 18.6. The number of thiazole rings is 1. The number of pyridine rings is 1. The van der Waals surface area contributed by atoms with Crippen LogP contribution in [0, 0.1) is 5.92 Å². The molecule has 3 amide bonds. The summed E-state index contributed by atoms with van der Waals surface area (Å²) in [6, 6.07) is 6.58. The van der Waals surface area contributed by atoms with E-state index in [2.05, 4.69) is 20.6 Å². The second-order valence-corrected chi connectivity index (χ2v) is 11.5. The van der Waals surface area contributed by atoms with Crippen molar-refractivity contribution in [1.29, 1.82) is 0 Å². The molecule has 2 fully saturated rings. The first-order chi connectivity index (χ1) is 20.4. The summed E-state index contributed by atoms with van der Waals surface area (Å²) in [7, 11) is 1.46. The molecule has 3 aromatic rings. The summed E-state index contributed by atoms with van der Waals surface area (Å²) in [5, 5.41) is 35.8. The van der Waals surface area contributed by atoms with Crippen molar-refractivity contribution in [3.8, 4) is 16.3 Å². The van der Waals surface area contributed by atoms with E-state index in [1.807, 2.05) is 13.8 Å². The lowest BCUT2D eigenvalue weighted by Crippen LogP contribution is -2.48. The Kier molecular flexibility index (Phi) is 8.62. The minimum Gasteiger partial charge on any atom is -0.494 e. The number of ether oxygens (including phenoxy) is 2. The Hall–Kier alpha value is -4.15. The third kappa shape index (κ3) is 7.26. The monoisotopic (exact) mass is 612 g/mol. The van der Waals surface area contributed by atoms with Crippen LogP contribution in [0.1, 0.15) is 46.7 Å². The van der Waals surface area contributed by atoms with Crippen LogP contribution >= 0.6 is 11.3 Å². The van der Waals surface area contributed by atoms with Gasteiger partial charge in [0.1, 0.15) is 15.7 Å². The van der Waals surface area contributed by atoms with E-state index in [1.54, 1.807) is 28.4 Å². The topological polar surface area (TPSA) is 195 Å². The third-order valence-electron chi connectivity index (χ3n) is 6.77. The van der Waals surface area contributed by atoms with Gasteiger partial charge in [-0.05, 0) is 38.8 Å². The summed E-state index contributed by atoms with van der Waals surface area (Å²) in [5.74, 6) is -0.999. The van der Waals surface area contributed by atoms with Gasteiger partial charge in [-0.3, -0.25) is 19.7 Å². The van der Waals surface area contributed by atoms with Gasteiger partial charge in [-0.2, -0.15) is 0 Å². The molecule has 2 atom stereocenters. The molecule has 2 unspecified atom stereocenters. The van der Waals surface area contributed by atoms with Crippen molar-refractivity contribution >= 4 is 46.3 Å². The molecular weight excluding hydrogens is 580 g/mol. The van der Waals surface area contributed by atoms with Crippen molar-refractivity contribution < 1.29 is 39.2 Å². The van der Waals surface area contributed by atoms with Crippen molar-refractivity contribution in [3.05, 3.63) is 47.1 Å². The van der Waals surface area contributed by atoms with Crippen LogP contribution in [0.25, 0.3) is 10.6 Å². The number of nitrogens with zero attached hydrogens (tertiary/aromatic N) is 3. The number of carbonyl (C=O) groups is 3. The molecule has 2 aliphatic rings. The van der Waals surface area contributed by atoms with E-state index >= 15 is 0 Å². The molecule has 1 saturated carbocycles. The van der Waals surface area contributed by atoms with Gasteiger partial charge in [-0.1, -0.05) is 6.07 Å². The fraction of sp³-hybridized carbons (Fsp3) is 0.393. The van der Waals surface area contributed by atoms with Crippen LogP contribution in [0.2, 0.25) is 0 Å². The Morgan fingerprint density at radius 1 is 1.07 bits per heavy atom. The number of aromatic nitrogens is 2. The van der Waals surface area contributed by atoms with Gasteiger partial charge < -0.3 is 40.3 Å². The summed E-state index contributed by atoms with van der Waals surface area (Å²) < 4.78 is 11.5. The van der Waals surface area contributed by atoms with E-state index in [-0.39, 0.29) is 47.0 Å². The highest BCUT2D eigenvalue weighted by Gasteiger charge is 2.31. The maximum Gasteiger partial charge on any atom is 0.369 e. The number of nitrogens with one attached hydrogen (secondary N) is 3. The molecule has 14 nitrogen and oxygen atoms in total. The fourth-order valence-electron chi connectivity index (χ4n) is 4.77. The van der Waals surface area contributed by atoms with Gasteiger partial charge in [0.2, 0.25) is 5.91 Å². The number of carbonyl (C=O) groups excluding carboxylic acids is 3. The average Bonchev–Trinajstić information content (AvgIpc) is 3.68. The van der Waals surface area contributed by atoms with E-state index in [4.69, 9.17) is 9.47 Å². The SMILES string of the molecule is COc1c(Nc2cc(NC(=O)C3CC3)ncc2C(=O)NC(O)(O)O)cccc1-c1ncc(C(=O)N2CC(C)OC(C)C2)s1. The number of anilines is 3. The predicted molar refractivity (Wildman–Crippen MR) is 156 cm³/mol. The van der Waals surface area contributed by atoms with Gasteiger partial charge in [0.25, 0.3) is 11.8 Å². The number of amides is 3. The summed E-state index contributed by atoms with van der Waals surface area (Å²) in [5.41, 5.74) is 0.905. The largest absolute Gasteiger partial charge is 0.494 e. The number of para-hydroxylation sites is 1. The molecule has 3 heterocycles. The molecule has 228 valence electrons. The fourth-order valence-corrected chi connectivity index (χ4v) is 5.67. The molecule has 1 saturated heterocycles. The zero-order valence-corrected chi connectivity index (χ0v) is 24.5. The molecular formula is C28H32N6O8S. The molecule has 1 aliphatic carbocycles. The highest BCUT2D eigenvalue weighted by atomic mass is 32.1. The van der Waals surface area contributed by atoms with E-state index < -0.39 is 12.0 Å². The van der Waals surface area contributed by atoms with Crippen LogP contribution in [0.15, 0.2) is 36.7 Å². The Morgan fingerprint density at radius 3 is 2.44 bits per heavy atom. The quantitative estimate of drug-likeness (QED) is 0.193. The van der Waals surface area contributed by atoms with Crippen molar-refractivity contribution in [2.75, 3.05) is 30.8 Å². The highest BCUT2D eigenvalue weighted by Crippen LogP contribution is 2.40. The first-order valence-electron chi connectivity index (χ1n) is 13.6. The van der Waals surface area contributed by atoms with Crippen LogP contribution in [-0.2, 0) is 9.53 Å². The third-order valence-corrected chi connectivity index (χ3v) is 7.79. The van der Waals surface area contributed by atoms with E-state index in [9.17, 15) is 29.7 Å². The Balaban J connectivity index is 1.45. The average molecular weight is 613 g/mol. The van der Waals surface area contributed by atoms with Gasteiger partial charge in [0.15, 0.2) is 5.75 Å². The molecule has 6 N–H and O–H groups in total. The van der Waals surface area contributed by atoms with Gasteiger partial charge in [-0.25, -0.2) is 9.97 Å². The lowest BCUT2D eigenvalue weighted by atomic mass is 10.1. The predicted octanol–water partition coefficient (Wildman–Crippen LogP) is 1.87. The van der Waals surface area contributed by atoms with Crippen molar-refractivity contribution in [2.24, 2.45) is 5.92 Å². The summed E-state index contributed by atoms with van der Waals surface area (Å²) in [6.07, 6.45) is 0.584. The Morgan fingerprint density at radius 2 is 1.79 bits per heavy atom. The lowest BCUT2D eigenvalue weighted by molar-refractivity contribution is -0.323. The van der Waals surface area contributed by atoms with Gasteiger partial charge in [-0.15, -0.1) is 11.3 Å². The number of hydrogen-bond acceptors (Lipinski definition) is 12. The molecule has 2 aromatic heterocycles. The standard InChI is InChI=1S/C28H32N6O8S/c1-14-12-34(13-15(2)42-14)27(37)21-11-30-26(43-21)17-5-4-6-19(23(17)41-3)31-20-9-22(32-24(35)16-7-8-16)29-10-18(20)25(36)33-28(38,39)40/h4-6,9-11,14-16,38-40H,7-8,12-13H2,1-3H3,(H,33,36)(H2,29,31,32,35). The summed E-state index contributed by atoms with van der Waals surface area (Å²) >= 11 is 1.21. The van der Waals surface area contributed by atoms with Crippen molar-refractivity contribution in [1.82, 2.24) is 20.2 Å². The lowest BCUT2D eigenvalue weighted by Gasteiger charge is -2.35. The van der Waals surface area contributed by atoms with Crippen molar-refractivity contribution in [3.63, 3.8) is 0 Å². The number of morpholine rings is 1. The Bertz CT molecular complexity index is 1530. The highest BCUT2D eigenvalue weighted by molar-refractivity contribution is 7.17.